The van der Waals surface area contributed by atoms with Gasteiger partial charge in [0, 0.05) is 31.4 Å². The van der Waals surface area contributed by atoms with E-state index in [0.717, 1.165) is 29.3 Å². The van der Waals surface area contributed by atoms with Crippen LogP contribution in [0.5, 0.6) is 0 Å². The molecule has 1 unspecified atom stereocenters. The van der Waals surface area contributed by atoms with E-state index in [0.29, 0.717) is 23.4 Å². The van der Waals surface area contributed by atoms with Crippen molar-refractivity contribution in [1.29, 1.82) is 0 Å². The van der Waals surface area contributed by atoms with Crippen LogP contribution in [0, 0.1) is 0 Å². The van der Waals surface area contributed by atoms with E-state index in [4.69, 9.17) is 0 Å². The number of carbonyl (C=O) groups excluding carboxylic acids is 2. The van der Waals surface area contributed by atoms with Gasteiger partial charge in [-0.2, -0.15) is 5.10 Å². The Morgan fingerprint density at radius 2 is 1.93 bits per heavy atom. The van der Waals surface area contributed by atoms with Crippen molar-refractivity contribution in [1.82, 2.24) is 29.8 Å². The van der Waals surface area contributed by atoms with Gasteiger partial charge in [0.25, 0.3) is 11.8 Å². The van der Waals surface area contributed by atoms with Gasteiger partial charge in [-0.15, -0.1) is 0 Å². The van der Waals surface area contributed by atoms with E-state index in [1.54, 1.807) is 24.0 Å². The number of nitrogens with one attached hydrogen (secondary N) is 1. The summed E-state index contributed by atoms with van der Waals surface area (Å²) >= 11 is 0. The lowest BCUT2D eigenvalue weighted by Gasteiger charge is -2.25. The molecule has 0 saturated carbocycles. The number of hydrogen-bond donors (Lipinski definition) is 1. The largest absolute Gasteiger partial charge is 0.355 e. The molecule has 0 radical (unpaired) electrons. The monoisotopic (exact) mass is 400 g/mol. The van der Waals surface area contributed by atoms with Gasteiger partial charge in [0.2, 0.25) is 0 Å². The summed E-state index contributed by atoms with van der Waals surface area (Å²) in [4.78, 5) is 36.2. The van der Waals surface area contributed by atoms with Crippen molar-refractivity contribution in [3.63, 3.8) is 0 Å². The van der Waals surface area contributed by atoms with Gasteiger partial charge in [0.15, 0.2) is 5.65 Å². The number of rotatable bonds is 3. The molecule has 0 spiro atoms. The molecule has 1 saturated heterocycles. The third kappa shape index (κ3) is 2.80. The van der Waals surface area contributed by atoms with Crippen molar-refractivity contribution in [2.24, 2.45) is 0 Å². The minimum Gasteiger partial charge on any atom is -0.355 e. The van der Waals surface area contributed by atoms with Crippen LogP contribution in [0.4, 0.5) is 0 Å². The summed E-state index contributed by atoms with van der Waals surface area (Å²) in [6.07, 6.45) is 6.54. The van der Waals surface area contributed by atoms with Crippen molar-refractivity contribution >= 4 is 28.2 Å². The van der Waals surface area contributed by atoms with Crippen LogP contribution in [0.15, 0.2) is 55.0 Å². The van der Waals surface area contributed by atoms with E-state index >= 15 is 0 Å². The first-order valence-corrected chi connectivity index (χ1v) is 9.88. The van der Waals surface area contributed by atoms with Crippen LogP contribution in [-0.4, -0.2) is 49.9 Å². The number of aromatic nitrogens is 4. The van der Waals surface area contributed by atoms with Crippen molar-refractivity contribution < 1.29 is 9.59 Å². The predicted octanol–water partition coefficient (Wildman–Crippen LogP) is 2.61. The average molecular weight is 400 g/mol. The second-order valence-electron chi connectivity index (χ2n) is 7.28. The molecule has 1 N–H and O–H groups in total. The van der Waals surface area contributed by atoms with Crippen molar-refractivity contribution in [2.45, 2.75) is 18.9 Å². The van der Waals surface area contributed by atoms with Gasteiger partial charge in [0.1, 0.15) is 11.3 Å². The minimum atomic E-state index is -0.242. The van der Waals surface area contributed by atoms with Crippen LogP contribution < -0.4 is 5.32 Å². The summed E-state index contributed by atoms with van der Waals surface area (Å²) in [5.74, 6) is -0.341. The molecule has 4 heterocycles. The van der Waals surface area contributed by atoms with Crippen molar-refractivity contribution in [2.75, 3.05) is 13.6 Å². The molecular formula is C22H20N6O2. The highest BCUT2D eigenvalue weighted by Crippen LogP contribution is 2.34. The molecule has 8 nitrogen and oxygen atoms in total. The molecule has 1 fully saturated rings. The molecule has 30 heavy (non-hydrogen) atoms. The first-order valence-electron chi connectivity index (χ1n) is 9.88. The van der Waals surface area contributed by atoms with Crippen LogP contribution in [0.3, 0.4) is 0 Å². The van der Waals surface area contributed by atoms with Crippen molar-refractivity contribution in [3.05, 3.63) is 71.9 Å². The summed E-state index contributed by atoms with van der Waals surface area (Å²) in [6.45, 7) is 0.641. The van der Waals surface area contributed by atoms with Gasteiger partial charge in [-0.05, 0) is 30.4 Å². The lowest BCUT2D eigenvalue weighted by molar-refractivity contribution is 0.0727. The van der Waals surface area contributed by atoms with Gasteiger partial charge in [-0.1, -0.05) is 24.3 Å². The molecule has 1 aliphatic heterocycles. The van der Waals surface area contributed by atoms with E-state index in [1.165, 1.54) is 6.20 Å². The number of fused-ring (bicyclic) bond motifs is 2. The highest BCUT2D eigenvalue weighted by atomic mass is 16.2. The van der Waals surface area contributed by atoms with Crippen LogP contribution in [-0.2, 0) is 0 Å². The molecule has 0 aliphatic carbocycles. The number of pyridine rings is 1. The maximum atomic E-state index is 13.5. The van der Waals surface area contributed by atoms with Crippen LogP contribution in [0.2, 0.25) is 0 Å². The molecule has 4 aromatic rings. The number of hydrogen-bond acceptors (Lipinski definition) is 5. The Bertz CT molecular complexity index is 1280. The lowest BCUT2D eigenvalue weighted by Crippen LogP contribution is -2.32. The fourth-order valence-electron chi connectivity index (χ4n) is 4.20. The number of carbonyl (C=O) groups is 2. The fraction of sp³-hybridized carbons (Fsp3) is 0.227. The molecular weight excluding hydrogens is 380 g/mol. The van der Waals surface area contributed by atoms with E-state index in [2.05, 4.69) is 20.4 Å². The minimum absolute atomic E-state index is 0.0991. The number of likely N-dealkylation sites (tertiary alicyclic amines) is 1. The highest BCUT2D eigenvalue weighted by molar-refractivity contribution is 6.05. The molecule has 1 aromatic carbocycles. The van der Waals surface area contributed by atoms with Gasteiger partial charge >= 0.3 is 0 Å². The Labute approximate surface area is 172 Å². The van der Waals surface area contributed by atoms with Gasteiger partial charge in [-0.25, -0.2) is 9.50 Å². The zero-order chi connectivity index (χ0) is 20.7. The Morgan fingerprint density at radius 3 is 2.80 bits per heavy atom. The number of nitrogens with zero attached hydrogens (tertiary/aromatic N) is 5. The third-order valence-electron chi connectivity index (χ3n) is 5.63. The van der Waals surface area contributed by atoms with Gasteiger partial charge in [-0.3, -0.25) is 14.6 Å². The Morgan fingerprint density at radius 1 is 1.10 bits per heavy atom. The van der Waals surface area contributed by atoms with Gasteiger partial charge in [0.05, 0.1) is 17.9 Å². The summed E-state index contributed by atoms with van der Waals surface area (Å²) < 4.78 is 1.66. The van der Waals surface area contributed by atoms with Crippen molar-refractivity contribution in [3.8, 4) is 0 Å². The lowest BCUT2D eigenvalue weighted by atomic mass is 10.1. The zero-order valence-corrected chi connectivity index (χ0v) is 16.4. The molecule has 0 bridgehead atoms. The Balaban J connectivity index is 1.57. The fourth-order valence-corrected chi connectivity index (χ4v) is 4.20. The third-order valence-corrected chi connectivity index (χ3v) is 5.63. The van der Waals surface area contributed by atoms with E-state index < -0.39 is 0 Å². The molecule has 150 valence electrons. The van der Waals surface area contributed by atoms with Crippen LogP contribution >= 0.6 is 0 Å². The average Bonchev–Trinajstić information content (AvgIpc) is 3.45. The van der Waals surface area contributed by atoms with Gasteiger partial charge < -0.3 is 10.2 Å². The van der Waals surface area contributed by atoms with Crippen LogP contribution in [0.25, 0.3) is 16.4 Å². The molecule has 1 atom stereocenters. The quantitative estimate of drug-likeness (QED) is 0.571. The normalized spacial score (nSPS) is 16.3. The van der Waals surface area contributed by atoms with E-state index in [9.17, 15) is 9.59 Å². The standard InChI is InChI=1S/C22H20N6O2/c1-23-21(29)16-13-26-28-18(9-11-25-20(16)28)17-7-4-12-27(17)22(30)19-15-6-3-2-5-14(15)8-10-24-19/h2-3,5-6,8-11,13,17H,4,7,12H2,1H3,(H,23,29). The molecule has 5 rings (SSSR count). The maximum Gasteiger partial charge on any atom is 0.273 e. The smallest absolute Gasteiger partial charge is 0.273 e. The summed E-state index contributed by atoms with van der Waals surface area (Å²) in [7, 11) is 1.57. The Hall–Kier alpha value is -3.81. The second-order valence-corrected chi connectivity index (χ2v) is 7.28. The molecule has 2 amide bonds. The summed E-state index contributed by atoms with van der Waals surface area (Å²) in [6, 6.07) is 11.4. The Kier molecular flexibility index (Phi) is 4.39. The topological polar surface area (TPSA) is 92.5 Å². The number of benzene rings is 1. The number of amides is 2. The van der Waals surface area contributed by atoms with E-state index in [1.807, 2.05) is 41.3 Å². The summed E-state index contributed by atoms with van der Waals surface area (Å²) in [5, 5.41) is 8.83. The first-order chi connectivity index (χ1) is 14.7. The predicted molar refractivity (Wildman–Crippen MR) is 111 cm³/mol. The second kappa shape index (κ2) is 7.22. The SMILES string of the molecule is CNC(=O)c1cnn2c(C3CCCN3C(=O)c3nccc4ccccc34)ccnc12. The van der Waals surface area contributed by atoms with E-state index in [-0.39, 0.29) is 17.9 Å². The van der Waals surface area contributed by atoms with Crippen LogP contribution in [0.1, 0.15) is 45.4 Å². The first kappa shape index (κ1) is 18.2. The molecule has 1 aliphatic rings. The maximum absolute atomic E-state index is 13.5. The zero-order valence-electron chi connectivity index (χ0n) is 16.4. The summed E-state index contributed by atoms with van der Waals surface area (Å²) in [5.41, 5.74) is 2.18. The molecule has 8 heteroatoms. The molecule has 3 aromatic heterocycles. The highest BCUT2D eigenvalue weighted by Gasteiger charge is 2.34.